The van der Waals surface area contributed by atoms with E-state index in [4.69, 9.17) is 9.47 Å². The van der Waals surface area contributed by atoms with Gasteiger partial charge >= 0.3 is 0 Å². The van der Waals surface area contributed by atoms with Crippen molar-refractivity contribution in [2.75, 3.05) is 27.4 Å². The Balaban J connectivity index is 2.46. The van der Waals surface area contributed by atoms with E-state index >= 15 is 0 Å². The minimum absolute atomic E-state index is 0.0931. The van der Waals surface area contributed by atoms with Crippen molar-refractivity contribution in [3.8, 4) is 11.5 Å². The van der Waals surface area contributed by atoms with Crippen molar-refractivity contribution < 1.29 is 19.7 Å². The lowest BCUT2D eigenvalue weighted by Crippen LogP contribution is -2.33. The summed E-state index contributed by atoms with van der Waals surface area (Å²) in [7, 11) is 3.24. The van der Waals surface area contributed by atoms with Gasteiger partial charge in [-0.3, -0.25) is 0 Å². The highest BCUT2D eigenvalue weighted by Gasteiger charge is 2.34. The first kappa shape index (κ1) is 14.2. The summed E-state index contributed by atoms with van der Waals surface area (Å²) in [5.74, 6) is 1.83. The Hall–Kier alpha value is -1.26. The molecule has 2 rings (SSSR count). The van der Waals surface area contributed by atoms with Crippen LogP contribution in [-0.2, 0) is 6.42 Å². The molecule has 0 fully saturated rings. The summed E-state index contributed by atoms with van der Waals surface area (Å²) in [4.78, 5) is 0. The molecule has 0 saturated heterocycles. The van der Waals surface area contributed by atoms with E-state index in [-0.39, 0.29) is 31.0 Å². The number of methoxy groups -OCH3 is 2. The molecule has 0 saturated carbocycles. The lowest BCUT2D eigenvalue weighted by molar-refractivity contribution is 0.0966. The first-order chi connectivity index (χ1) is 9.15. The molecule has 3 unspecified atom stereocenters. The van der Waals surface area contributed by atoms with Crippen LogP contribution in [0.3, 0.4) is 0 Å². The maximum atomic E-state index is 9.55. The van der Waals surface area contributed by atoms with Gasteiger partial charge in [-0.2, -0.15) is 0 Å². The number of hydrogen-bond donors (Lipinski definition) is 2. The first-order valence-corrected chi connectivity index (χ1v) is 6.62. The molecule has 2 N–H and O–H groups in total. The first-order valence-electron chi connectivity index (χ1n) is 6.62. The number of rotatable bonds is 4. The largest absolute Gasteiger partial charge is 0.493 e. The maximum absolute atomic E-state index is 9.55. The Bertz CT molecular complexity index is 444. The number of aliphatic hydroxyl groups is 2. The van der Waals surface area contributed by atoms with Crippen molar-refractivity contribution in [3.63, 3.8) is 0 Å². The summed E-state index contributed by atoms with van der Waals surface area (Å²) in [6, 6.07) is 3.98. The minimum atomic E-state index is 0.0931. The summed E-state index contributed by atoms with van der Waals surface area (Å²) in [5, 5.41) is 19.0. The molecule has 4 nitrogen and oxygen atoms in total. The predicted molar refractivity (Wildman–Crippen MR) is 72.8 cm³/mol. The van der Waals surface area contributed by atoms with Gasteiger partial charge in [0, 0.05) is 13.2 Å². The second-order valence-corrected chi connectivity index (χ2v) is 5.19. The topological polar surface area (TPSA) is 58.9 Å². The molecule has 0 bridgehead atoms. The standard InChI is InChI=1S/C15H22O4/c1-9-12-6-15(19-3)14(18-2)5-10(12)4-11(7-16)13(9)8-17/h5-6,9,11,13,16-17H,4,7-8H2,1-3H3. The van der Waals surface area contributed by atoms with Crippen LogP contribution in [0, 0.1) is 11.8 Å². The van der Waals surface area contributed by atoms with Crippen LogP contribution in [0.15, 0.2) is 12.1 Å². The molecule has 1 aliphatic carbocycles. The van der Waals surface area contributed by atoms with E-state index < -0.39 is 0 Å². The van der Waals surface area contributed by atoms with Crippen LogP contribution in [0.4, 0.5) is 0 Å². The molecule has 0 aromatic heterocycles. The molecule has 1 aromatic carbocycles. The molecule has 4 heteroatoms. The van der Waals surface area contributed by atoms with Gasteiger partial charge in [-0.05, 0) is 47.4 Å². The predicted octanol–water partition coefficient (Wildman–Crippen LogP) is 1.58. The van der Waals surface area contributed by atoms with Crippen LogP contribution in [0.2, 0.25) is 0 Å². The van der Waals surface area contributed by atoms with E-state index in [1.165, 1.54) is 11.1 Å². The summed E-state index contributed by atoms with van der Waals surface area (Å²) >= 11 is 0. The average Bonchev–Trinajstić information content (AvgIpc) is 2.45. The van der Waals surface area contributed by atoms with Crippen molar-refractivity contribution in [3.05, 3.63) is 23.3 Å². The minimum Gasteiger partial charge on any atom is -0.493 e. The Morgan fingerprint density at radius 1 is 1.11 bits per heavy atom. The monoisotopic (exact) mass is 266 g/mol. The third kappa shape index (κ3) is 2.42. The quantitative estimate of drug-likeness (QED) is 0.868. The normalized spacial score (nSPS) is 25.8. The summed E-state index contributed by atoms with van der Waals surface area (Å²) < 4.78 is 10.7. The van der Waals surface area contributed by atoms with E-state index in [9.17, 15) is 10.2 Å². The van der Waals surface area contributed by atoms with Crippen LogP contribution >= 0.6 is 0 Å². The van der Waals surface area contributed by atoms with Crippen molar-refractivity contribution in [2.24, 2.45) is 11.8 Å². The van der Waals surface area contributed by atoms with E-state index in [0.717, 1.165) is 6.42 Å². The molecule has 1 aliphatic rings. The molecule has 0 heterocycles. The smallest absolute Gasteiger partial charge is 0.161 e. The molecule has 0 amide bonds. The highest BCUT2D eigenvalue weighted by molar-refractivity contribution is 5.49. The van der Waals surface area contributed by atoms with Gasteiger partial charge in [0.1, 0.15) is 0 Å². The molecule has 106 valence electrons. The van der Waals surface area contributed by atoms with Crippen LogP contribution < -0.4 is 9.47 Å². The highest BCUT2D eigenvalue weighted by atomic mass is 16.5. The molecule has 19 heavy (non-hydrogen) atoms. The number of hydrogen-bond acceptors (Lipinski definition) is 4. The molecule has 3 atom stereocenters. The van der Waals surface area contributed by atoms with Gasteiger partial charge in [0.2, 0.25) is 0 Å². The fourth-order valence-electron chi connectivity index (χ4n) is 3.12. The van der Waals surface area contributed by atoms with Gasteiger partial charge in [0.25, 0.3) is 0 Å². The lowest BCUT2D eigenvalue weighted by atomic mass is 9.70. The third-order valence-corrected chi connectivity index (χ3v) is 4.31. The lowest BCUT2D eigenvalue weighted by Gasteiger charge is -2.36. The van der Waals surface area contributed by atoms with Gasteiger partial charge in [0.05, 0.1) is 14.2 Å². The van der Waals surface area contributed by atoms with Crippen molar-refractivity contribution in [1.82, 2.24) is 0 Å². The fourth-order valence-corrected chi connectivity index (χ4v) is 3.12. The Morgan fingerprint density at radius 2 is 1.74 bits per heavy atom. The number of benzene rings is 1. The molecule has 0 radical (unpaired) electrons. The second-order valence-electron chi connectivity index (χ2n) is 5.19. The van der Waals surface area contributed by atoms with Crippen LogP contribution in [0.25, 0.3) is 0 Å². The van der Waals surface area contributed by atoms with E-state index in [1.807, 2.05) is 12.1 Å². The summed E-state index contributed by atoms with van der Waals surface area (Å²) in [6.45, 7) is 2.29. The highest BCUT2D eigenvalue weighted by Crippen LogP contribution is 2.43. The maximum Gasteiger partial charge on any atom is 0.161 e. The van der Waals surface area contributed by atoms with Crippen molar-refractivity contribution in [1.29, 1.82) is 0 Å². The molecular weight excluding hydrogens is 244 g/mol. The number of aliphatic hydroxyl groups excluding tert-OH is 2. The van der Waals surface area contributed by atoms with E-state index in [1.54, 1.807) is 14.2 Å². The molecule has 0 aliphatic heterocycles. The summed E-state index contributed by atoms with van der Waals surface area (Å²) in [6.07, 6.45) is 0.766. The van der Waals surface area contributed by atoms with Crippen molar-refractivity contribution >= 4 is 0 Å². The zero-order valence-corrected chi connectivity index (χ0v) is 11.7. The van der Waals surface area contributed by atoms with Crippen LogP contribution in [-0.4, -0.2) is 37.6 Å². The van der Waals surface area contributed by atoms with Gasteiger partial charge in [-0.1, -0.05) is 6.92 Å². The van der Waals surface area contributed by atoms with Crippen LogP contribution in [0.1, 0.15) is 24.0 Å². The number of fused-ring (bicyclic) bond motifs is 1. The van der Waals surface area contributed by atoms with E-state index in [2.05, 4.69) is 6.92 Å². The van der Waals surface area contributed by atoms with E-state index in [0.29, 0.717) is 11.5 Å². The Labute approximate surface area is 114 Å². The molecule has 0 spiro atoms. The van der Waals surface area contributed by atoms with Gasteiger partial charge in [-0.15, -0.1) is 0 Å². The zero-order chi connectivity index (χ0) is 14.0. The second kappa shape index (κ2) is 5.80. The van der Waals surface area contributed by atoms with Gasteiger partial charge in [-0.25, -0.2) is 0 Å². The SMILES string of the molecule is COc1cc2c(cc1OC)C(C)C(CO)C(CO)C2. The van der Waals surface area contributed by atoms with Gasteiger partial charge < -0.3 is 19.7 Å². The van der Waals surface area contributed by atoms with Crippen molar-refractivity contribution in [2.45, 2.75) is 19.3 Å². The van der Waals surface area contributed by atoms with Crippen LogP contribution in [0.5, 0.6) is 11.5 Å². The average molecular weight is 266 g/mol. The fraction of sp³-hybridized carbons (Fsp3) is 0.600. The Morgan fingerprint density at radius 3 is 2.26 bits per heavy atom. The third-order valence-electron chi connectivity index (χ3n) is 4.31. The number of ether oxygens (including phenoxy) is 2. The van der Waals surface area contributed by atoms with Gasteiger partial charge in [0.15, 0.2) is 11.5 Å². The zero-order valence-electron chi connectivity index (χ0n) is 11.7. The molecular formula is C15H22O4. The summed E-state index contributed by atoms with van der Waals surface area (Å²) in [5.41, 5.74) is 2.36. The molecule has 1 aromatic rings. The Kier molecular flexibility index (Phi) is 4.32.